The predicted molar refractivity (Wildman–Crippen MR) is 411 cm³/mol. The van der Waals surface area contributed by atoms with Crippen LogP contribution < -0.4 is 16.4 Å². The monoisotopic (exact) mass is 1360 g/mol. The summed E-state index contributed by atoms with van der Waals surface area (Å²) >= 11 is 4.84. The lowest BCUT2D eigenvalue weighted by atomic mass is 10.2. The van der Waals surface area contributed by atoms with Gasteiger partial charge in [-0.3, -0.25) is 28.8 Å². The van der Waals surface area contributed by atoms with Crippen molar-refractivity contribution < 1.29 is 53.6 Å². The van der Waals surface area contributed by atoms with Crippen LogP contribution in [0, 0.1) is 0 Å². The van der Waals surface area contributed by atoms with Gasteiger partial charge in [0.1, 0.15) is 6.61 Å². The van der Waals surface area contributed by atoms with Gasteiger partial charge in [0.25, 0.3) is 0 Å². The number of rotatable bonds is 52. The predicted octanol–water partition coefficient (Wildman–Crippen LogP) is 18.2. The second kappa shape index (κ2) is 89.9. The highest BCUT2D eigenvalue weighted by molar-refractivity contribution is 6.66. The van der Waals surface area contributed by atoms with E-state index in [-0.39, 0.29) is 56.2 Å². The van der Waals surface area contributed by atoms with E-state index in [0.29, 0.717) is 38.8 Å². The van der Waals surface area contributed by atoms with Crippen LogP contribution in [0.1, 0.15) is 189 Å². The van der Waals surface area contributed by atoms with Gasteiger partial charge < -0.3 is 36.4 Å². The number of hydrogen-bond donors (Lipinski definition) is 6. The van der Waals surface area contributed by atoms with Gasteiger partial charge >= 0.3 is 11.9 Å². The summed E-state index contributed by atoms with van der Waals surface area (Å²) in [5.74, 6) is -1.84. The number of nitrogens with two attached hydrogens (primary N) is 1. The van der Waals surface area contributed by atoms with Crippen LogP contribution in [0.4, 0.5) is 0 Å². The summed E-state index contributed by atoms with van der Waals surface area (Å²) in [4.78, 5) is 75.2. The molecule has 0 aromatic carbocycles. The van der Waals surface area contributed by atoms with E-state index < -0.39 is 17.2 Å². The first-order valence-corrected chi connectivity index (χ1v) is 34.7. The number of esters is 1. The Kier molecular flexibility index (Phi) is 90.4. The Morgan fingerprint density at radius 3 is 0.804 bits per heavy atom. The first-order chi connectivity index (χ1) is 47.2. The zero-order valence-electron chi connectivity index (χ0n) is 59.4. The minimum Gasteiger partial charge on any atom is -0.481 e. The standard InChI is InChI=1S/C29H41NO4.C24H37NO2.C22H32O2.C5H5ClO2.C2H7NO/c1-3-4-5-6-7-8-9-10-11-12-13-14-15-16-17-18-19-20-21-22-28(32)30-25-26-34-29(33)24-23-27(2)31;1-2-3-4-5-6-7-8-9-10-11-12-13-14-15-16-17-18-19-20-21-24(27)25-22-23-26;1-2-3-4-5-6-7-8-9-10-11-12-13-14-15-16-17-18-19-20-21-22(23)24;1-4(7)2-3-5(6)8;3-1-2-4/h4-5,7-8,10-11,13-14,16-17,19-20,23-24H,3,6,9,12,15,18,21-22,25-26H2,1-2H3,(H,30,32);3-4,6-7,9-10,12-13,15-16,18-19,26H,2,5,8,11,14,17,20-23H2,1H3,(H,25,27);3-4,6-7,9-10,12-13,15-16,18-19H,2,5,8,11,14,17,20-21H2,1H3,(H,23,24);2-3H,1H3;4H,1-3H2/b5-4-,8-7-,11-10-,14-13-,17-16-,20-19-,24-23+;2*4-3-,7-6-,10-9-,13-12-,16-15-,19-18-;3-2+;. The zero-order chi connectivity index (χ0) is 72.7. The molecule has 14 nitrogen and oxygen atoms in total. The Labute approximate surface area is 590 Å². The van der Waals surface area contributed by atoms with Crippen molar-refractivity contribution in [2.24, 2.45) is 5.73 Å². The Morgan fingerprint density at radius 2 is 0.588 bits per heavy atom. The van der Waals surface area contributed by atoms with Gasteiger partial charge in [-0.25, -0.2) is 4.79 Å². The molecule has 0 heterocycles. The Morgan fingerprint density at radius 1 is 0.351 bits per heavy atom. The van der Waals surface area contributed by atoms with Crippen LogP contribution in [0.15, 0.2) is 243 Å². The number of halogens is 1. The van der Waals surface area contributed by atoms with Crippen molar-refractivity contribution in [3.8, 4) is 0 Å². The molecule has 0 aliphatic heterocycles. The van der Waals surface area contributed by atoms with Crippen LogP contribution in [0.25, 0.3) is 0 Å². The molecule has 0 aliphatic carbocycles. The molecule has 0 aliphatic rings. The SMILES string of the molecule is CC(=O)/C=C/C(=O)Cl.CC/C=C\C/C=C\C/C=C\C/C=C\C/C=C\C/C=C\CCC(=O)NCCO.CC/C=C\C/C=C\C/C=C\C/C=C\C/C=C\C/C=C\CCC(=O)NCCOC(=O)/C=C/C(C)=O.CC/C=C\C/C=C\C/C=C\C/C=C\C/C=C\C/C=C\CCC(=O)O.NCCO. The van der Waals surface area contributed by atoms with Gasteiger partial charge in [-0.15, -0.1) is 0 Å². The van der Waals surface area contributed by atoms with Crippen LogP contribution in [-0.2, 0) is 38.3 Å². The molecular formula is C82H122ClN3O11. The van der Waals surface area contributed by atoms with Crippen LogP contribution in [0.2, 0.25) is 0 Å². The number of aliphatic hydroxyl groups is 2. The Balaban J connectivity index is -0.000000405. The van der Waals surface area contributed by atoms with E-state index in [4.69, 9.17) is 37.4 Å². The van der Waals surface area contributed by atoms with Gasteiger partial charge in [-0.2, -0.15) is 0 Å². The minimum atomic E-state index is -0.741. The summed E-state index contributed by atoms with van der Waals surface area (Å²) < 4.78 is 4.86. The molecule has 0 saturated heterocycles. The lowest BCUT2D eigenvalue weighted by Gasteiger charge is -2.04. The molecule has 15 heteroatoms. The molecule has 538 valence electrons. The molecule has 0 saturated carbocycles. The maximum atomic E-state index is 11.7. The number of nitrogens with one attached hydrogen (secondary N) is 2. The summed E-state index contributed by atoms with van der Waals surface area (Å²) in [6.07, 6.45) is 103. The number of carbonyl (C=O) groups excluding carboxylic acids is 6. The van der Waals surface area contributed by atoms with E-state index in [2.05, 4.69) is 220 Å². The van der Waals surface area contributed by atoms with E-state index in [0.717, 1.165) is 146 Å². The highest BCUT2D eigenvalue weighted by Gasteiger charge is 2.01. The Hall–Kier alpha value is -8.14. The molecule has 0 aromatic rings. The first kappa shape index (κ1) is 97.5. The first-order valence-electron chi connectivity index (χ1n) is 34.3. The largest absolute Gasteiger partial charge is 0.481 e. The van der Waals surface area contributed by atoms with E-state index in [1.165, 1.54) is 13.8 Å². The van der Waals surface area contributed by atoms with Crippen molar-refractivity contribution in [2.75, 3.05) is 39.5 Å². The molecule has 0 unspecified atom stereocenters. The lowest BCUT2D eigenvalue weighted by molar-refractivity contribution is -0.138. The molecule has 0 radical (unpaired) electrons. The number of carboxylic acids is 1. The van der Waals surface area contributed by atoms with Crippen molar-refractivity contribution >= 4 is 52.2 Å². The van der Waals surface area contributed by atoms with Crippen molar-refractivity contribution in [1.82, 2.24) is 10.6 Å². The third-order valence-electron chi connectivity index (χ3n) is 11.5. The molecule has 97 heavy (non-hydrogen) atoms. The third-order valence-corrected chi connectivity index (χ3v) is 11.7. The minimum absolute atomic E-state index is 0.00828. The molecule has 0 atom stereocenters. The molecule has 0 rings (SSSR count). The average Bonchev–Trinajstić information content (AvgIpc) is 3.67. The van der Waals surface area contributed by atoms with Crippen molar-refractivity contribution in [3.05, 3.63) is 243 Å². The zero-order valence-corrected chi connectivity index (χ0v) is 60.1. The molecule has 2 amide bonds. The second-order valence-corrected chi connectivity index (χ2v) is 20.9. The van der Waals surface area contributed by atoms with Gasteiger partial charge in [0.05, 0.1) is 19.8 Å². The summed E-state index contributed by atoms with van der Waals surface area (Å²) in [5.41, 5.74) is 4.78. The topological polar surface area (TPSA) is 239 Å². The molecule has 7 N–H and O–H groups in total. The number of ether oxygens (including phenoxy) is 1. The number of hydrogen-bond acceptors (Lipinski definition) is 11. The van der Waals surface area contributed by atoms with Crippen molar-refractivity contribution in [1.29, 1.82) is 0 Å². The number of amides is 2. The van der Waals surface area contributed by atoms with E-state index >= 15 is 0 Å². The molecule has 0 aromatic heterocycles. The van der Waals surface area contributed by atoms with Gasteiger partial charge in [0.2, 0.25) is 17.1 Å². The molecule has 0 spiro atoms. The summed E-state index contributed by atoms with van der Waals surface area (Å²) in [6.45, 7) is 10.3. The van der Waals surface area contributed by atoms with Crippen LogP contribution >= 0.6 is 11.6 Å². The normalized spacial score (nSPS) is 12.3. The molecule has 0 fully saturated rings. The summed E-state index contributed by atoms with van der Waals surface area (Å²) in [7, 11) is 0. The fourth-order valence-electron chi connectivity index (χ4n) is 6.69. The fraction of sp³-hybridized carbons (Fsp3) is 0.427. The highest BCUT2D eigenvalue weighted by Crippen LogP contribution is 2.02. The maximum Gasteiger partial charge on any atom is 0.330 e. The van der Waals surface area contributed by atoms with E-state index in [1.54, 1.807) is 0 Å². The van der Waals surface area contributed by atoms with Gasteiger partial charge in [0.15, 0.2) is 11.6 Å². The van der Waals surface area contributed by atoms with Gasteiger partial charge in [-0.05, 0) is 172 Å². The fourth-order valence-corrected chi connectivity index (χ4v) is 6.75. The molecular weight excluding hydrogens is 1240 g/mol. The van der Waals surface area contributed by atoms with Gasteiger partial charge in [-0.1, -0.05) is 240 Å². The van der Waals surface area contributed by atoms with E-state index in [9.17, 15) is 33.6 Å². The highest BCUT2D eigenvalue weighted by atomic mass is 35.5. The van der Waals surface area contributed by atoms with Crippen LogP contribution in [0.5, 0.6) is 0 Å². The van der Waals surface area contributed by atoms with Crippen molar-refractivity contribution in [2.45, 2.75) is 189 Å². The number of ketones is 2. The Bertz CT molecular complexity index is 2560. The number of carbonyl (C=O) groups is 7. The number of carboxylic acid groups (broad SMARTS) is 1. The van der Waals surface area contributed by atoms with Crippen molar-refractivity contribution in [3.63, 3.8) is 0 Å². The third kappa shape index (κ3) is 110. The average molecular weight is 1360 g/mol. The quantitative estimate of drug-likeness (QED) is 0.0110. The summed E-state index contributed by atoms with van der Waals surface area (Å²) in [5, 5.41) is 29.5. The second-order valence-electron chi connectivity index (χ2n) is 20.6. The van der Waals surface area contributed by atoms with Crippen LogP contribution in [0.3, 0.4) is 0 Å². The lowest BCUT2D eigenvalue weighted by Crippen LogP contribution is -2.27. The number of aliphatic carboxylic acids is 1. The number of aliphatic hydroxyl groups excluding tert-OH is 2. The molecule has 0 bridgehead atoms. The maximum absolute atomic E-state index is 11.7. The van der Waals surface area contributed by atoms with Gasteiger partial charge in [0, 0.05) is 44.5 Å². The van der Waals surface area contributed by atoms with Crippen LogP contribution in [-0.4, -0.2) is 95.3 Å². The summed E-state index contributed by atoms with van der Waals surface area (Å²) in [6, 6.07) is 0. The number of allylic oxidation sites excluding steroid dienone is 39. The van der Waals surface area contributed by atoms with E-state index in [1.807, 2.05) is 30.4 Å². The smallest absolute Gasteiger partial charge is 0.330 e.